The van der Waals surface area contributed by atoms with Crippen LogP contribution in [0.2, 0.25) is 0 Å². The van der Waals surface area contributed by atoms with Crippen molar-refractivity contribution in [2.45, 2.75) is 19.4 Å². The number of ether oxygens (including phenoxy) is 1. The first-order chi connectivity index (χ1) is 11.2. The second kappa shape index (κ2) is 8.28. The van der Waals surface area contributed by atoms with Gasteiger partial charge in [-0.1, -0.05) is 36.4 Å². The van der Waals surface area contributed by atoms with E-state index in [1.807, 2.05) is 30.3 Å². The Morgan fingerprint density at radius 2 is 2.22 bits per heavy atom. The lowest BCUT2D eigenvalue weighted by Gasteiger charge is -2.12. The van der Waals surface area contributed by atoms with Gasteiger partial charge < -0.3 is 10.1 Å². The van der Waals surface area contributed by atoms with E-state index >= 15 is 0 Å². The molecule has 0 saturated carbocycles. The van der Waals surface area contributed by atoms with E-state index in [9.17, 15) is 10.1 Å². The van der Waals surface area contributed by atoms with Crippen LogP contribution in [0.25, 0.3) is 10.4 Å². The van der Waals surface area contributed by atoms with Gasteiger partial charge in [-0.3, -0.25) is 4.79 Å². The highest BCUT2D eigenvalue weighted by Gasteiger charge is 2.17. The molecular formula is C18H18N2O2S. The van der Waals surface area contributed by atoms with Gasteiger partial charge in [-0.25, -0.2) is 0 Å². The first kappa shape index (κ1) is 16.9. The number of thiophene rings is 1. The average Bonchev–Trinajstić information content (AvgIpc) is 2.98. The summed E-state index contributed by atoms with van der Waals surface area (Å²) >= 11 is 1.39. The van der Waals surface area contributed by atoms with Gasteiger partial charge in [0.05, 0.1) is 12.2 Å². The Kier molecular flexibility index (Phi) is 6.10. The largest absolute Gasteiger partial charge is 0.368 e. The Balaban J connectivity index is 2.11. The predicted octanol–water partition coefficient (Wildman–Crippen LogP) is 4.21. The minimum atomic E-state index is -0.580. The van der Waals surface area contributed by atoms with Crippen LogP contribution in [-0.4, -0.2) is 18.6 Å². The Hall–Kier alpha value is -2.42. The summed E-state index contributed by atoms with van der Waals surface area (Å²) in [4.78, 5) is 13.1. The van der Waals surface area contributed by atoms with Gasteiger partial charge in [-0.15, -0.1) is 17.9 Å². The highest BCUT2D eigenvalue weighted by atomic mass is 32.1. The lowest BCUT2D eigenvalue weighted by atomic mass is 10.2. The van der Waals surface area contributed by atoms with E-state index in [2.05, 4.69) is 18.0 Å². The molecule has 1 amide bonds. The smallest absolute Gasteiger partial charge is 0.253 e. The Morgan fingerprint density at radius 1 is 1.48 bits per heavy atom. The molecular weight excluding hydrogens is 308 g/mol. The van der Waals surface area contributed by atoms with Crippen molar-refractivity contribution < 1.29 is 9.53 Å². The van der Waals surface area contributed by atoms with Crippen LogP contribution in [0, 0.1) is 11.3 Å². The number of hydrogen-bond acceptors (Lipinski definition) is 4. The SMILES string of the molecule is C=CCCOC(C)C(=O)Nc1sc(-c2ccccc2)cc1C#N. The van der Waals surface area contributed by atoms with E-state index in [1.165, 1.54) is 11.3 Å². The van der Waals surface area contributed by atoms with Crippen molar-refractivity contribution in [3.63, 3.8) is 0 Å². The summed E-state index contributed by atoms with van der Waals surface area (Å²) in [5, 5.41) is 12.6. The molecule has 4 nitrogen and oxygen atoms in total. The van der Waals surface area contributed by atoms with E-state index in [1.54, 1.807) is 19.1 Å². The highest BCUT2D eigenvalue weighted by Crippen LogP contribution is 2.35. The van der Waals surface area contributed by atoms with Crippen molar-refractivity contribution in [2.24, 2.45) is 0 Å². The average molecular weight is 326 g/mol. The van der Waals surface area contributed by atoms with Crippen LogP contribution in [0.3, 0.4) is 0 Å². The number of amides is 1. The van der Waals surface area contributed by atoms with Gasteiger partial charge in [0.2, 0.25) is 0 Å². The molecule has 0 spiro atoms. The van der Waals surface area contributed by atoms with Gasteiger partial charge in [0.25, 0.3) is 5.91 Å². The maximum Gasteiger partial charge on any atom is 0.253 e. The second-order valence-corrected chi connectivity index (χ2v) is 5.96. The third kappa shape index (κ3) is 4.52. The molecule has 1 unspecified atom stereocenters. The molecule has 1 heterocycles. The Morgan fingerprint density at radius 3 is 2.87 bits per heavy atom. The maximum absolute atomic E-state index is 12.2. The summed E-state index contributed by atoms with van der Waals surface area (Å²) in [7, 11) is 0. The van der Waals surface area contributed by atoms with Crippen molar-refractivity contribution in [3.05, 3.63) is 54.6 Å². The summed E-state index contributed by atoms with van der Waals surface area (Å²) in [6.45, 7) is 5.75. The standard InChI is InChI=1S/C18H18N2O2S/c1-3-4-10-22-13(2)17(21)20-18-15(12-19)11-16(23-18)14-8-6-5-7-9-14/h3,5-9,11,13H,1,4,10H2,2H3,(H,20,21). The van der Waals surface area contributed by atoms with E-state index in [4.69, 9.17) is 4.74 Å². The van der Waals surface area contributed by atoms with Crippen molar-refractivity contribution in [1.29, 1.82) is 5.26 Å². The van der Waals surface area contributed by atoms with E-state index in [0.29, 0.717) is 23.6 Å². The second-order valence-electron chi connectivity index (χ2n) is 4.91. The van der Waals surface area contributed by atoms with Crippen LogP contribution >= 0.6 is 11.3 Å². The van der Waals surface area contributed by atoms with E-state index in [0.717, 1.165) is 10.4 Å². The molecule has 0 saturated heterocycles. The first-order valence-corrected chi connectivity index (χ1v) is 8.10. The fourth-order valence-electron chi connectivity index (χ4n) is 1.93. The number of rotatable bonds is 7. The monoisotopic (exact) mass is 326 g/mol. The van der Waals surface area contributed by atoms with Crippen LogP contribution in [-0.2, 0) is 9.53 Å². The molecule has 118 valence electrons. The molecule has 1 aromatic heterocycles. The van der Waals surface area contributed by atoms with Crippen molar-refractivity contribution >= 4 is 22.2 Å². The zero-order valence-corrected chi connectivity index (χ0v) is 13.7. The number of nitrogens with zero attached hydrogens (tertiary/aromatic N) is 1. The van der Waals surface area contributed by atoms with Crippen LogP contribution < -0.4 is 5.32 Å². The Bertz CT molecular complexity index is 716. The zero-order chi connectivity index (χ0) is 16.7. The molecule has 0 aliphatic carbocycles. The highest BCUT2D eigenvalue weighted by molar-refractivity contribution is 7.19. The lowest BCUT2D eigenvalue weighted by Crippen LogP contribution is -2.27. The number of carbonyl (C=O) groups is 1. The lowest BCUT2D eigenvalue weighted by molar-refractivity contribution is -0.126. The number of anilines is 1. The van der Waals surface area contributed by atoms with Gasteiger partial charge in [-0.2, -0.15) is 5.26 Å². The molecule has 2 rings (SSSR count). The van der Waals surface area contributed by atoms with Gasteiger partial charge in [0.1, 0.15) is 17.2 Å². The third-order valence-corrected chi connectivity index (χ3v) is 4.31. The molecule has 0 bridgehead atoms. The van der Waals surface area contributed by atoms with E-state index < -0.39 is 6.10 Å². The minimum absolute atomic E-state index is 0.257. The summed E-state index contributed by atoms with van der Waals surface area (Å²) in [5.41, 5.74) is 1.48. The molecule has 1 N–H and O–H groups in total. The molecule has 5 heteroatoms. The maximum atomic E-state index is 12.2. The topological polar surface area (TPSA) is 62.1 Å². The van der Waals surface area contributed by atoms with Gasteiger partial charge in [-0.05, 0) is 25.0 Å². The quantitative estimate of drug-likeness (QED) is 0.612. The van der Waals surface area contributed by atoms with Crippen LogP contribution in [0.5, 0.6) is 0 Å². The molecule has 2 aromatic rings. The van der Waals surface area contributed by atoms with Crippen molar-refractivity contribution in [2.75, 3.05) is 11.9 Å². The molecule has 1 aromatic carbocycles. The number of nitrogens with one attached hydrogen (secondary N) is 1. The van der Waals surface area contributed by atoms with Crippen LogP contribution in [0.4, 0.5) is 5.00 Å². The number of hydrogen-bond donors (Lipinski definition) is 1. The van der Waals surface area contributed by atoms with Gasteiger partial charge >= 0.3 is 0 Å². The normalized spacial score (nSPS) is 11.5. The van der Waals surface area contributed by atoms with Crippen LogP contribution in [0.1, 0.15) is 18.9 Å². The number of nitriles is 1. The fraction of sp³-hybridized carbons (Fsp3) is 0.222. The first-order valence-electron chi connectivity index (χ1n) is 7.28. The fourth-order valence-corrected chi connectivity index (χ4v) is 2.95. The third-order valence-electron chi connectivity index (χ3n) is 3.21. The number of benzene rings is 1. The van der Waals surface area contributed by atoms with E-state index in [-0.39, 0.29) is 5.91 Å². The summed E-state index contributed by atoms with van der Waals surface area (Å²) in [6.07, 6.45) is 1.85. The minimum Gasteiger partial charge on any atom is -0.368 e. The Labute approximate surface area is 140 Å². The van der Waals surface area contributed by atoms with Gasteiger partial charge in [0, 0.05) is 4.88 Å². The van der Waals surface area contributed by atoms with Crippen molar-refractivity contribution in [1.82, 2.24) is 0 Å². The summed E-state index contributed by atoms with van der Waals surface area (Å²) in [5.74, 6) is -0.257. The number of carbonyl (C=O) groups excluding carboxylic acids is 1. The van der Waals surface area contributed by atoms with Crippen LogP contribution in [0.15, 0.2) is 49.1 Å². The van der Waals surface area contributed by atoms with Crippen molar-refractivity contribution in [3.8, 4) is 16.5 Å². The molecule has 0 fully saturated rings. The molecule has 0 radical (unpaired) electrons. The molecule has 23 heavy (non-hydrogen) atoms. The summed E-state index contributed by atoms with van der Waals surface area (Å²) < 4.78 is 5.42. The summed E-state index contributed by atoms with van der Waals surface area (Å²) in [6, 6.07) is 13.7. The van der Waals surface area contributed by atoms with Gasteiger partial charge in [0.15, 0.2) is 0 Å². The molecule has 0 aliphatic heterocycles. The molecule has 0 aliphatic rings. The zero-order valence-electron chi connectivity index (χ0n) is 12.9. The molecule has 1 atom stereocenters. The predicted molar refractivity (Wildman–Crippen MR) is 93.3 cm³/mol.